The Balaban J connectivity index is 1.97. The highest BCUT2D eigenvalue weighted by molar-refractivity contribution is 7.10. The third kappa shape index (κ3) is 2.07. The van der Waals surface area contributed by atoms with Gasteiger partial charge in [0.05, 0.1) is 13.3 Å². The van der Waals surface area contributed by atoms with Crippen LogP contribution in [-0.2, 0) is 13.5 Å². The van der Waals surface area contributed by atoms with E-state index in [2.05, 4.69) is 16.5 Å². The van der Waals surface area contributed by atoms with Crippen molar-refractivity contribution in [3.63, 3.8) is 0 Å². The van der Waals surface area contributed by atoms with Gasteiger partial charge in [-0.05, 0) is 36.3 Å². The molecule has 0 saturated carbocycles. The van der Waals surface area contributed by atoms with Crippen molar-refractivity contribution in [2.24, 2.45) is 7.05 Å². The Labute approximate surface area is 116 Å². The molecule has 0 fully saturated rings. The van der Waals surface area contributed by atoms with Crippen molar-refractivity contribution in [3.8, 4) is 5.75 Å². The summed E-state index contributed by atoms with van der Waals surface area (Å²) in [6, 6.07) is 2.15. The number of aliphatic hydroxyl groups is 1. The van der Waals surface area contributed by atoms with Gasteiger partial charge >= 0.3 is 0 Å². The molecule has 0 bridgehead atoms. The number of aryl methyl sites for hydroxylation is 2. The van der Waals surface area contributed by atoms with Crippen molar-refractivity contribution >= 4 is 11.3 Å². The quantitative estimate of drug-likeness (QED) is 0.939. The normalized spacial score (nSPS) is 20.1. The van der Waals surface area contributed by atoms with Crippen LogP contribution in [0.5, 0.6) is 5.75 Å². The third-order valence-corrected chi connectivity index (χ3v) is 4.93. The molecule has 5 heteroatoms. The van der Waals surface area contributed by atoms with E-state index < -0.39 is 6.10 Å². The molecule has 3 rings (SSSR count). The van der Waals surface area contributed by atoms with Crippen molar-refractivity contribution in [1.29, 1.82) is 0 Å². The van der Waals surface area contributed by atoms with Crippen LogP contribution in [0.4, 0.5) is 0 Å². The first-order chi connectivity index (χ1) is 9.22. The summed E-state index contributed by atoms with van der Waals surface area (Å²) >= 11 is 1.79. The SMILES string of the molecule is COc1cnn(C)c1C(O)C1CCCc2sccc21. The zero-order valence-corrected chi connectivity index (χ0v) is 12.0. The van der Waals surface area contributed by atoms with Crippen molar-refractivity contribution in [3.05, 3.63) is 33.8 Å². The molecular weight excluding hydrogens is 260 g/mol. The number of ether oxygens (including phenoxy) is 1. The topological polar surface area (TPSA) is 47.3 Å². The Kier molecular flexibility index (Phi) is 3.33. The zero-order valence-electron chi connectivity index (χ0n) is 11.2. The maximum absolute atomic E-state index is 10.8. The van der Waals surface area contributed by atoms with E-state index in [-0.39, 0.29) is 5.92 Å². The molecule has 1 N–H and O–H groups in total. The molecule has 0 aliphatic heterocycles. The van der Waals surface area contributed by atoms with Crippen molar-refractivity contribution in [1.82, 2.24) is 9.78 Å². The standard InChI is InChI=1S/C14H18N2O2S/c1-16-13(11(18-2)8-15-16)14(17)10-4-3-5-12-9(10)6-7-19-12/h6-8,10,14,17H,3-5H2,1-2H3. The van der Waals surface area contributed by atoms with Gasteiger partial charge in [-0.25, -0.2) is 0 Å². The molecule has 4 nitrogen and oxygen atoms in total. The predicted molar refractivity (Wildman–Crippen MR) is 74.7 cm³/mol. The Morgan fingerprint density at radius 2 is 2.42 bits per heavy atom. The van der Waals surface area contributed by atoms with E-state index in [1.165, 1.54) is 10.4 Å². The molecule has 102 valence electrons. The fourth-order valence-electron chi connectivity index (χ4n) is 2.96. The molecule has 2 aromatic heterocycles. The smallest absolute Gasteiger partial charge is 0.162 e. The van der Waals surface area contributed by atoms with Crippen molar-refractivity contribution < 1.29 is 9.84 Å². The van der Waals surface area contributed by atoms with E-state index in [4.69, 9.17) is 4.74 Å². The molecule has 1 aliphatic carbocycles. The lowest BCUT2D eigenvalue weighted by Gasteiger charge is -2.27. The summed E-state index contributed by atoms with van der Waals surface area (Å²) in [6.45, 7) is 0. The van der Waals surface area contributed by atoms with Crippen LogP contribution in [0.25, 0.3) is 0 Å². The molecule has 0 saturated heterocycles. The second-order valence-electron chi connectivity index (χ2n) is 4.96. The molecule has 0 spiro atoms. The van der Waals surface area contributed by atoms with Gasteiger partial charge in [0.15, 0.2) is 5.75 Å². The fraction of sp³-hybridized carbons (Fsp3) is 0.500. The minimum atomic E-state index is -0.559. The monoisotopic (exact) mass is 278 g/mol. The van der Waals surface area contributed by atoms with Gasteiger partial charge in [-0.1, -0.05) is 0 Å². The highest BCUT2D eigenvalue weighted by Gasteiger charge is 2.32. The third-order valence-electron chi connectivity index (χ3n) is 3.93. The minimum absolute atomic E-state index is 0.152. The van der Waals surface area contributed by atoms with E-state index in [0.717, 1.165) is 25.0 Å². The average molecular weight is 278 g/mol. The van der Waals surface area contributed by atoms with Crippen LogP contribution in [0, 0.1) is 0 Å². The Bertz CT molecular complexity index is 576. The second kappa shape index (κ2) is 4.98. The van der Waals surface area contributed by atoms with E-state index in [1.54, 1.807) is 29.3 Å². The molecule has 1 aliphatic rings. The van der Waals surface area contributed by atoms with Crippen LogP contribution in [0.2, 0.25) is 0 Å². The summed E-state index contributed by atoms with van der Waals surface area (Å²) in [6.07, 6.45) is 4.39. The number of aliphatic hydroxyl groups excluding tert-OH is 1. The maximum Gasteiger partial charge on any atom is 0.162 e. The van der Waals surface area contributed by atoms with E-state index >= 15 is 0 Å². The summed E-state index contributed by atoms with van der Waals surface area (Å²) < 4.78 is 7.02. The van der Waals surface area contributed by atoms with Gasteiger partial charge in [-0.3, -0.25) is 4.68 Å². The fourth-order valence-corrected chi connectivity index (χ4v) is 3.96. The summed E-state index contributed by atoms with van der Waals surface area (Å²) in [7, 11) is 3.46. The van der Waals surface area contributed by atoms with Crippen LogP contribution in [0.1, 0.15) is 41.0 Å². The van der Waals surface area contributed by atoms with Gasteiger partial charge in [0.25, 0.3) is 0 Å². The molecule has 0 radical (unpaired) electrons. The van der Waals surface area contributed by atoms with Gasteiger partial charge in [0.2, 0.25) is 0 Å². The van der Waals surface area contributed by atoms with Gasteiger partial charge < -0.3 is 9.84 Å². The molecule has 2 unspecified atom stereocenters. The van der Waals surface area contributed by atoms with Crippen LogP contribution in [0.3, 0.4) is 0 Å². The number of hydrogen-bond donors (Lipinski definition) is 1. The number of fused-ring (bicyclic) bond motifs is 1. The number of aromatic nitrogens is 2. The van der Waals surface area contributed by atoms with Crippen LogP contribution in [0.15, 0.2) is 17.6 Å². The highest BCUT2D eigenvalue weighted by atomic mass is 32.1. The largest absolute Gasteiger partial charge is 0.493 e. The first-order valence-corrected chi connectivity index (χ1v) is 7.40. The number of hydrogen-bond acceptors (Lipinski definition) is 4. The minimum Gasteiger partial charge on any atom is -0.493 e. The molecule has 19 heavy (non-hydrogen) atoms. The Morgan fingerprint density at radius 3 is 3.21 bits per heavy atom. The van der Waals surface area contributed by atoms with Crippen molar-refractivity contribution in [2.75, 3.05) is 7.11 Å². The molecular formula is C14H18N2O2S. The number of nitrogens with zero attached hydrogens (tertiary/aromatic N) is 2. The van der Waals surface area contributed by atoms with Gasteiger partial charge in [-0.15, -0.1) is 11.3 Å². The lowest BCUT2D eigenvalue weighted by atomic mass is 9.82. The molecule has 2 atom stereocenters. The number of methoxy groups -OCH3 is 1. The Hall–Kier alpha value is -1.33. The number of thiophene rings is 1. The maximum atomic E-state index is 10.8. The molecule has 0 amide bonds. The van der Waals surface area contributed by atoms with E-state index in [1.807, 2.05) is 7.05 Å². The molecule has 0 aromatic carbocycles. The highest BCUT2D eigenvalue weighted by Crippen LogP contribution is 2.43. The van der Waals surface area contributed by atoms with Crippen LogP contribution in [-0.4, -0.2) is 22.0 Å². The van der Waals surface area contributed by atoms with Gasteiger partial charge in [0, 0.05) is 17.8 Å². The summed E-state index contributed by atoms with van der Waals surface area (Å²) in [5.41, 5.74) is 2.07. The van der Waals surface area contributed by atoms with E-state index in [0.29, 0.717) is 5.75 Å². The summed E-state index contributed by atoms with van der Waals surface area (Å²) in [5.74, 6) is 0.816. The first kappa shape index (κ1) is 12.7. The van der Waals surface area contributed by atoms with Gasteiger partial charge in [-0.2, -0.15) is 5.10 Å². The first-order valence-electron chi connectivity index (χ1n) is 6.52. The molecule has 2 aromatic rings. The Morgan fingerprint density at radius 1 is 1.58 bits per heavy atom. The summed E-state index contributed by atoms with van der Waals surface area (Å²) in [5, 5.41) is 17.1. The second-order valence-corrected chi connectivity index (χ2v) is 5.97. The zero-order chi connectivity index (χ0) is 13.4. The molecule has 2 heterocycles. The van der Waals surface area contributed by atoms with Crippen molar-refractivity contribution in [2.45, 2.75) is 31.3 Å². The van der Waals surface area contributed by atoms with E-state index in [9.17, 15) is 5.11 Å². The van der Waals surface area contributed by atoms with Crippen LogP contribution >= 0.6 is 11.3 Å². The van der Waals surface area contributed by atoms with Crippen LogP contribution < -0.4 is 4.74 Å². The lowest BCUT2D eigenvalue weighted by molar-refractivity contribution is 0.124. The van der Waals surface area contributed by atoms with Gasteiger partial charge in [0.1, 0.15) is 11.8 Å². The number of rotatable bonds is 3. The lowest BCUT2D eigenvalue weighted by Crippen LogP contribution is -2.18. The average Bonchev–Trinajstić information content (AvgIpc) is 3.03. The predicted octanol–water partition coefficient (Wildman–Crippen LogP) is 2.64. The summed E-state index contributed by atoms with van der Waals surface area (Å²) in [4.78, 5) is 1.41.